The molecule has 8 nitrogen and oxygen atoms in total. The van der Waals surface area contributed by atoms with E-state index in [1.807, 2.05) is 0 Å². The maximum atomic E-state index is 12.3. The second kappa shape index (κ2) is 7.81. The molecule has 5 rings (SSSR count). The Morgan fingerprint density at radius 1 is 1.10 bits per heavy atom. The highest BCUT2D eigenvalue weighted by molar-refractivity contribution is 8.00. The van der Waals surface area contributed by atoms with Crippen molar-refractivity contribution >= 4 is 40.9 Å². The Labute approximate surface area is 182 Å². The summed E-state index contributed by atoms with van der Waals surface area (Å²) in [5, 5.41) is 5.42. The Balaban J connectivity index is 1.17. The van der Waals surface area contributed by atoms with Crippen LogP contribution in [0, 0.1) is 0 Å². The number of benzene rings is 2. The zero-order valence-corrected chi connectivity index (χ0v) is 17.4. The lowest BCUT2D eigenvalue weighted by Gasteiger charge is -2.21. The fraction of sp³-hybridized carbons (Fsp3) is 0.318. The van der Waals surface area contributed by atoms with Crippen molar-refractivity contribution in [3.05, 3.63) is 42.0 Å². The Morgan fingerprint density at radius 3 is 2.74 bits per heavy atom. The van der Waals surface area contributed by atoms with Crippen LogP contribution in [0.15, 0.2) is 41.3 Å². The first-order valence-corrected chi connectivity index (χ1v) is 11.0. The van der Waals surface area contributed by atoms with Crippen LogP contribution in [0.1, 0.15) is 36.0 Å². The van der Waals surface area contributed by atoms with Crippen LogP contribution in [0.5, 0.6) is 11.5 Å². The Morgan fingerprint density at radius 2 is 1.90 bits per heavy atom. The summed E-state index contributed by atoms with van der Waals surface area (Å²) in [5.41, 5.74) is 1.37. The van der Waals surface area contributed by atoms with Gasteiger partial charge in [0.25, 0.3) is 11.7 Å². The first-order valence-electron chi connectivity index (χ1n) is 10.1. The topological polar surface area (TPSA) is 103 Å². The molecule has 31 heavy (non-hydrogen) atoms. The molecule has 3 aliphatic rings. The minimum absolute atomic E-state index is 0.120. The van der Waals surface area contributed by atoms with Crippen LogP contribution in [-0.2, 0) is 14.3 Å². The predicted molar refractivity (Wildman–Crippen MR) is 114 cm³/mol. The number of hydrogen-bond donors (Lipinski definition) is 2. The Hall–Kier alpha value is -3.20. The molecule has 2 aromatic carbocycles. The molecule has 2 aromatic rings. The molecule has 0 aromatic heterocycles. The number of carbonyl (C=O) groups is 3. The zero-order valence-electron chi connectivity index (χ0n) is 16.6. The summed E-state index contributed by atoms with van der Waals surface area (Å²) in [7, 11) is 0. The number of thioether (sulfide) groups is 1. The van der Waals surface area contributed by atoms with Crippen LogP contribution in [0.3, 0.4) is 0 Å². The molecule has 2 aliphatic heterocycles. The van der Waals surface area contributed by atoms with E-state index in [9.17, 15) is 14.4 Å². The Kier molecular flexibility index (Phi) is 4.97. The van der Waals surface area contributed by atoms with Gasteiger partial charge in [-0.15, -0.1) is 11.8 Å². The molecule has 0 unspecified atom stereocenters. The number of hydrogen-bond acceptors (Lipinski definition) is 7. The van der Waals surface area contributed by atoms with E-state index in [1.165, 1.54) is 11.8 Å². The number of esters is 1. The first-order chi connectivity index (χ1) is 15.0. The van der Waals surface area contributed by atoms with Crippen molar-refractivity contribution in [2.24, 2.45) is 0 Å². The van der Waals surface area contributed by atoms with Gasteiger partial charge in [0.15, 0.2) is 18.1 Å². The molecule has 1 aliphatic carbocycles. The average Bonchev–Trinajstić information content (AvgIpc) is 3.36. The van der Waals surface area contributed by atoms with Crippen molar-refractivity contribution in [1.29, 1.82) is 0 Å². The SMILES string of the molecule is O=C(COC(=O)c1ccc2c(c1)NC(=O)CS2)Nc1ccc2c(c1)OC1(CCCC1)O2. The highest BCUT2D eigenvalue weighted by Gasteiger charge is 2.44. The quantitative estimate of drug-likeness (QED) is 0.701. The third-order valence-corrected chi connectivity index (χ3v) is 6.44. The Bertz CT molecular complexity index is 1080. The zero-order chi connectivity index (χ0) is 21.4. The van der Waals surface area contributed by atoms with E-state index in [2.05, 4.69) is 10.6 Å². The van der Waals surface area contributed by atoms with Crippen molar-refractivity contribution in [3.63, 3.8) is 0 Å². The summed E-state index contributed by atoms with van der Waals surface area (Å²) in [5.74, 6) is -0.175. The number of ether oxygens (including phenoxy) is 3. The monoisotopic (exact) mass is 440 g/mol. The molecule has 1 saturated carbocycles. The third-order valence-electron chi connectivity index (χ3n) is 5.37. The van der Waals surface area contributed by atoms with Crippen LogP contribution in [0.2, 0.25) is 0 Å². The molecule has 0 saturated heterocycles. The summed E-state index contributed by atoms with van der Waals surface area (Å²) in [6.07, 6.45) is 3.84. The molecule has 2 amide bonds. The maximum absolute atomic E-state index is 12.3. The summed E-state index contributed by atoms with van der Waals surface area (Å²) >= 11 is 1.40. The molecule has 160 valence electrons. The number of nitrogens with one attached hydrogen (secondary N) is 2. The van der Waals surface area contributed by atoms with E-state index in [-0.39, 0.29) is 11.5 Å². The van der Waals surface area contributed by atoms with E-state index >= 15 is 0 Å². The van der Waals surface area contributed by atoms with Gasteiger partial charge >= 0.3 is 5.97 Å². The maximum Gasteiger partial charge on any atom is 0.338 e. The molecule has 0 atom stereocenters. The third kappa shape index (κ3) is 4.05. The minimum atomic E-state index is -0.642. The van der Waals surface area contributed by atoms with Crippen LogP contribution >= 0.6 is 11.8 Å². The van der Waals surface area contributed by atoms with E-state index < -0.39 is 24.3 Å². The number of fused-ring (bicyclic) bond motifs is 2. The molecule has 2 heterocycles. The van der Waals surface area contributed by atoms with E-state index in [0.29, 0.717) is 28.6 Å². The largest absolute Gasteiger partial charge is 0.452 e. The van der Waals surface area contributed by atoms with Gasteiger partial charge in [0.2, 0.25) is 5.91 Å². The normalized spacial score (nSPS) is 17.7. The van der Waals surface area contributed by atoms with Crippen molar-refractivity contribution in [1.82, 2.24) is 0 Å². The molecule has 1 spiro atoms. The summed E-state index contributed by atoms with van der Waals surface area (Å²) in [6.45, 7) is -0.435. The van der Waals surface area contributed by atoms with Crippen LogP contribution in [0.25, 0.3) is 0 Å². The average molecular weight is 440 g/mol. The van der Waals surface area contributed by atoms with Crippen molar-refractivity contribution in [3.8, 4) is 11.5 Å². The predicted octanol–water partition coefficient (Wildman–Crippen LogP) is 3.57. The van der Waals surface area contributed by atoms with Crippen LogP contribution in [-0.4, -0.2) is 35.9 Å². The second-order valence-corrected chi connectivity index (χ2v) is 8.67. The highest BCUT2D eigenvalue weighted by atomic mass is 32.2. The molecule has 2 N–H and O–H groups in total. The van der Waals surface area contributed by atoms with Gasteiger partial charge in [0, 0.05) is 29.5 Å². The van der Waals surface area contributed by atoms with Gasteiger partial charge in [0.1, 0.15) is 0 Å². The van der Waals surface area contributed by atoms with Gasteiger partial charge in [-0.05, 0) is 43.2 Å². The van der Waals surface area contributed by atoms with Crippen molar-refractivity contribution < 1.29 is 28.6 Å². The second-order valence-electron chi connectivity index (χ2n) is 7.66. The molecular formula is C22H20N2O6S. The highest BCUT2D eigenvalue weighted by Crippen LogP contribution is 2.47. The summed E-state index contributed by atoms with van der Waals surface area (Å²) < 4.78 is 17.1. The molecule has 1 fully saturated rings. The number of anilines is 2. The fourth-order valence-corrected chi connectivity index (χ4v) is 4.70. The van der Waals surface area contributed by atoms with Crippen LogP contribution in [0.4, 0.5) is 11.4 Å². The fourth-order valence-electron chi connectivity index (χ4n) is 3.91. The van der Waals surface area contributed by atoms with Gasteiger partial charge in [-0.25, -0.2) is 4.79 Å². The van der Waals surface area contributed by atoms with E-state index in [0.717, 1.165) is 30.6 Å². The lowest BCUT2D eigenvalue weighted by atomic mass is 10.2. The van der Waals surface area contributed by atoms with Crippen LogP contribution < -0.4 is 20.1 Å². The lowest BCUT2D eigenvalue weighted by molar-refractivity contribution is -0.119. The van der Waals surface area contributed by atoms with Gasteiger partial charge < -0.3 is 24.8 Å². The number of rotatable bonds is 4. The van der Waals surface area contributed by atoms with Gasteiger partial charge in [-0.1, -0.05) is 0 Å². The first kappa shape index (κ1) is 19.7. The van der Waals surface area contributed by atoms with E-state index in [4.69, 9.17) is 14.2 Å². The van der Waals surface area contributed by atoms with Crippen molar-refractivity contribution in [2.75, 3.05) is 23.0 Å². The minimum Gasteiger partial charge on any atom is -0.452 e. The number of carbonyl (C=O) groups excluding carboxylic acids is 3. The number of amides is 2. The van der Waals surface area contributed by atoms with Crippen molar-refractivity contribution in [2.45, 2.75) is 36.4 Å². The van der Waals surface area contributed by atoms with Gasteiger partial charge in [-0.3, -0.25) is 9.59 Å². The summed E-state index contributed by atoms with van der Waals surface area (Å²) in [6, 6.07) is 10.1. The standard InChI is InChI=1S/C22H20N2O6S/c25-19(11-28-21(27)13-3-6-18-15(9-13)24-20(26)12-31-18)23-14-4-5-16-17(10-14)30-22(29-16)7-1-2-8-22/h3-6,9-10H,1-2,7-8,11-12H2,(H,23,25)(H,24,26). The van der Waals surface area contributed by atoms with Gasteiger partial charge in [0.05, 0.1) is 17.0 Å². The molecule has 9 heteroatoms. The molecular weight excluding hydrogens is 420 g/mol. The van der Waals surface area contributed by atoms with Gasteiger partial charge in [-0.2, -0.15) is 0 Å². The smallest absolute Gasteiger partial charge is 0.338 e. The summed E-state index contributed by atoms with van der Waals surface area (Å²) in [4.78, 5) is 37.0. The lowest BCUT2D eigenvalue weighted by Crippen LogP contribution is -2.34. The molecule has 0 radical (unpaired) electrons. The molecule has 0 bridgehead atoms. The van der Waals surface area contributed by atoms with E-state index in [1.54, 1.807) is 36.4 Å².